The van der Waals surface area contributed by atoms with Crippen molar-refractivity contribution in [1.82, 2.24) is 15.0 Å². The van der Waals surface area contributed by atoms with Crippen LogP contribution in [0.15, 0.2) is 48.5 Å². The van der Waals surface area contributed by atoms with Crippen LogP contribution < -0.4 is 27.4 Å². The molecule has 2 aromatic carbocycles. The summed E-state index contributed by atoms with van der Waals surface area (Å²) in [6, 6.07) is 14.1. The van der Waals surface area contributed by atoms with Gasteiger partial charge in [0.05, 0.1) is 0 Å². The zero-order valence-corrected chi connectivity index (χ0v) is 15.4. The number of hydrogen-bond donors (Lipinski definition) is 6. The molecule has 0 spiro atoms. The molecule has 0 fully saturated rings. The molecule has 0 saturated carbocycles. The average Bonchev–Trinajstić information content (AvgIpc) is 2.65. The summed E-state index contributed by atoms with van der Waals surface area (Å²) in [7, 11) is -2.74. The van der Waals surface area contributed by atoms with Crippen LogP contribution in [0.25, 0.3) is 0 Å². The molecule has 0 amide bonds. The van der Waals surface area contributed by atoms with Gasteiger partial charge in [-0.25, -0.2) is 0 Å². The van der Waals surface area contributed by atoms with E-state index in [0.717, 1.165) is 11.4 Å². The third-order valence-electron chi connectivity index (χ3n) is 3.37. The summed E-state index contributed by atoms with van der Waals surface area (Å²) in [4.78, 5) is 21.5. The fourth-order valence-corrected chi connectivity index (χ4v) is 2.28. The van der Waals surface area contributed by atoms with Crippen molar-refractivity contribution >= 4 is 48.8 Å². The Labute approximate surface area is 161 Å². The topological polar surface area (TPSA) is 173 Å². The normalized spacial score (nSPS) is 11.0. The number of nitrogens with one attached hydrogen (secondary N) is 3. The first-order chi connectivity index (χ1) is 13.5. The third kappa shape index (κ3) is 5.74. The maximum atomic E-state index is 10.6. The fourth-order valence-electron chi connectivity index (χ4n) is 2.11. The highest BCUT2D eigenvalue weighted by Crippen LogP contribution is 2.20. The van der Waals surface area contributed by atoms with Crippen molar-refractivity contribution in [1.29, 1.82) is 0 Å². The maximum Gasteiger partial charge on any atom is 0.696 e. The van der Waals surface area contributed by atoms with Gasteiger partial charge in [0.1, 0.15) is 0 Å². The molecule has 1 aromatic heterocycles. The summed E-state index contributed by atoms with van der Waals surface area (Å²) in [5.41, 5.74) is 14.1. The molecular formula is C16H18N8O3P+. The molecule has 8 N–H and O–H groups in total. The molecule has 12 heteroatoms. The van der Waals surface area contributed by atoms with Gasteiger partial charge >= 0.3 is 8.25 Å². The molecule has 0 aliphatic rings. The lowest BCUT2D eigenvalue weighted by atomic mass is 10.3. The van der Waals surface area contributed by atoms with E-state index in [1.165, 1.54) is 0 Å². The lowest BCUT2D eigenvalue weighted by molar-refractivity contribution is 0.301. The number of nitrogens with two attached hydrogens (primary N) is 2. The number of rotatable bonds is 8. The largest absolute Gasteiger partial charge is 0.696 e. The van der Waals surface area contributed by atoms with Crippen molar-refractivity contribution in [2.75, 3.05) is 34.1 Å². The zero-order valence-electron chi connectivity index (χ0n) is 14.5. The van der Waals surface area contributed by atoms with Crippen molar-refractivity contribution in [2.24, 2.45) is 0 Å². The first-order valence-corrected chi connectivity index (χ1v) is 9.15. The number of nitrogen functional groups attached to an aromatic ring is 2. The second kappa shape index (κ2) is 8.91. The highest BCUT2D eigenvalue weighted by molar-refractivity contribution is 7.32. The van der Waals surface area contributed by atoms with Crippen molar-refractivity contribution in [3.63, 3.8) is 0 Å². The third-order valence-corrected chi connectivity index (χ3v) is 3.72. The molecule has 144 valence electrons. The standard InChI is InChI=1S/C16H17N8O3P/c17-10-1-5-12(6-2-10)20-15-22-14(19-9-27-28(25)26)23-16(24-15)21-13-7-3-11(18)4-8-13/h1-8H,9,17-18H2,(H3-,19,20,21,22,23,24,25,26)/p+1. The smallest absolute Gasteiger partial charge is 0.399 e. The van der Waals surface area contributed by atoms with Gasteiger partial charge in [0.15, 0.2) is 6.73 Å². The molecular weight excluding hydrogens is 383 g/mol. The monoisotopic (exact) mass is 401 g/mol. The van der Waals surface area contributed by atoms with Crippen molar-refractivity contribution in [2.45, 2.75) is 0 Å². The number of nitrogens with zero attached hydrogens (tertiary/aromatic N) is 3. The Balaban J connectivity index is 1.82. The van der Waals surface area contributed by atoms with Crippen LogP contribution in [0.4, 0.5) is 40.6 Å². The van der Waals surface area contributed by atoms with E-state index in [0.29, 0.717) is 11.4 Å². The molecule has 0 radical (unpaired) electrons. The highest BCUT2D eigenvalue weighted by Gasteiger charge is 2.13. The first kappa shape index (κ1) is 19.2. The summed E-state index contributed by atoms with van der Waals surface area (Å²) in [5.74, 6) is 0.630. The van der Waals surface area contributed by atoms with Crippen LogP contribution in [0.5, 0.6) is 0 Å². The van der Waals surface area contributed by atoms with Gasteiger partial charge in [-0.1, -0.05) is 4.52 Å². The second-order valence-corrected chi connectivity index (χ2v) is 6.22. The van der Waals surface area contributed by atoms with Gasteiger partial charge in [-0.2, -0.15) is 15.0 Å². The number of benzene rings is 2. The maximum absolute atomic E-state index is 10.6. The van der Waals surface area contributed by atoms with Gasteiger partial charge in [0.2, 0.25) is 17.8 Å². The number of aromatic nitrogens is 3. The number of hydrogen-bond acceptors (Lipinski definition) is 10. The molecule has 0 bridgehead atoms. The van der Waals surface area contributed by atoms with Crippen LogP contribution in [0.3, 0.4) is 0 Å². The number of anilines is 7. The fraction of sp³-hybridized carbons (Fsp3) is 0.0625. The van der Waals surface area contributed by atoms with Crippen LogP contribution in [-0.4, -0.2) is 26.6 Å². The molecule has 3 rings (SSSR count). The molecule has 0 saturated heterocycles. The lowest BCUT2D eigenvalue weighted by Crippen LogP contribution is -2.11. The van der Waals surface area contributed by atoms with Gasteiger partial charge in [0, 0.05) is 27.3 Å². The molecule has 0 aliphatic heterocycles. The van der Waals surface area contributed by atoms with Crippen LogP contribution >= 0.6 is 8.25 Å². The summed E-state index contributed by atoms with van der Waals surface area (Å²) < 4.78 is 15.2. The highest BCUT2D eigenvalue weighted by atomic mass is 31.1. The Morgan fingerprint density at radius 3 is 1.68 bits per heavy atom. The molecule has 1 unspecified atom stereocenters. The Kier molecular flexibility index (Phi) is 6.12. The van der Waals surface area contributed by atoms with Crippen molar-refractivity contribution in [3.8, 4) is 0 Å². The minimum absolute atomic E-state index is 0.141. The molecule has 1 heterocycles. The first-order valence-electron chi connectivity index (χ1n) is 8.02. The van der Waals surface area contributed by atoms with E-state index in [4.69, 9.17) is 16.4 Å². The minimum atomic E-state index is -2.74. The van der Waals surface area contributed by atoms with Gasteiger partial charge in [0.25, 0.3) is 0 Å². The van der Waals surface area contributed by atoms with Gasteiger partial charge < -0.3 is 27.4 Å². The van der Waals surface area contributed by atoms with E-state index in [2.05, 4.69) is 35.4 Å². The molecule has 11 nitrogen and oxygen atoms in total. The predicted octanol–water partition coefficient (Wildman–Crippen LogP) is 2.56. The lowest BCUT2D eigenvalue weighted by Gasteiger charge is -2.11. The van der Waals surface area contributed by atoms with Crippen LogP contribution in [0.1, 0.15) is 0 Å². The summed E-state index contributed by atoms with van der Waals surface area (Å²) in [6.45, 7) is -0.252. The quantitative estimate of drug-likeness (QED) is 0.186. The summed E-state index contributed by atoms with van der Waals surface area (Å²) in [6.07, 6.45) is 0. The van der Waals surface area contributed by atoms with Crippen LogP contribution in [0, 0.1) is 0 Å². The van der Waals surface area contributed by atoms with E-state index in [1.807, 2.05) is 0 Å². The SMILES string of the molecule is Nc1ccc(Nc2nc(NCO[P+](=O)O)nc(Nc3ccc(N)cc3)n2)cc1. The summed E-state index contributed by atoms with van der Waals surface area (Å²) >= 11 is 0. The van der Waals surface area contributed by atoms with E-state index in [1.54, 1.807) is 48.5 Å². The Hall–Kier alpha value is -3.53. The Morgan fingerprint density at radius 1 is 0.821 bits per heavy atom. The van der Waals surface area contributed by atoms with Crippen LogP contribution in [0.2, 0.25) is 0 Å². The Bertz CT molecular complexity index is 887. The average molecular weight is 401 g/mol. The zero-order chi connectivity index (χ0) is 19.9. The molecule has 0 aliphatic carbocycles. The van der Waals surface area contributed by atoms with Crippen molar-refractivity contribution in [3.05, 3.63) is 48.5 Å². The summed E-state index contributed by atoms with van der Waals surface area (Å²) in [5, 5.41) is 8.78. The Morgan fingerprint density at radius 2 is 1.25 bits per heavy atom. The van der Waals surface area contributed by atoms with Crippen LogP contribution in [-0.2, 0) is 9.09 Å². The molecule has 1 atom stereocenters. The van der Waals surface area contributed by atoms with Crippen molar-refractivity contribution < 1.29 is 14.0 Å². The second-order valence-electron chi connectivity index (χ2n) is 5.49. The van der Waals surface area contributed by atoms with Gasteiger partial charge in [-0.05, 0) is 48.5 Å². The van der Waals surface area contributed by atoms with E-state index < -0.39 is 8.25 Å². The molecule has 28 heavy (non-hydrogen) atoms. The van der Waals surface area contributed by atoms with E-state index >= 15 is 0 Å². The van der Waals surface area contributed by atoms with Gasteiger partial charge in [-0.15, -0.1) is 4.89 Å². The van der Waals surface area contributed by atoms with E-state index in [-0.39, 0.29) is 24.6 Å². The minimum Gasteiger partial charge on any atom is -0.399 e. The van der Waals surface area contributed by atoms with Gasteiger partial charge in [-0.3, -0.25) is 0 Å². The van der Waals surface area contributed by atoms with E-state index in [9.17, 15) is 4.57 Å². The predicted molar refractivity (Wildman–Crippen MR) is 108 cm³/mol. The molecule has 3 aromatic rings.